The lowest BCUT2D eigenvalue weighted by Gasteiger charge is -2.14. The lowest BCUT2D eigenvalue weighted by molar-refractivity contribution is -0.113. The van der Waals surface area contributed by atoms with E-state index < -0.39 is 0 Å². The Balaban J connectivity index is 1.83. The third kappa shape index (κ3) is 4.92. The number of carbonyl (C=O) groups is 1. The van der Waals surface area contributed by atoms with Crippen LogP contribution in [0.15, 0.2) is 47.4 Å². The van der Waals surface area contributed by atoms with E-state index in [4.69, 9.17) is 26.4 Å². The fourth-order valence-electron chi connectivity index (χ4n) is 2.72. The second-order valence-electron chi connectivity index (χ2n) is 6.83. The molecule has 2 aromatic carbocycles. The van der Waals surface area contributed by atoms with E-state index in [1.165, 1.54) is 16.7 Å². The predicted molar refractivity (Wildman–Crippen MR) is 122 cm³/mol. The molecule has 0 spiro atoms. The molecule has 0 aromatic heterocycles. The number of amides is 1. The van der Waals surface area contributed by atoms with Crippen molar-refractivity contribution in [1.82, 2.24) is 0 Å². The summed E-state index contributed by atoms with van der Waals surface area (Å²) in [6, 6.07) is 12.9. The fourth-order valence-corrected chi connectivity index (χ4v) is 4.02. The fraction of sp³-hybridized carbons (Fsp3) is 0.273. The summed E-state index contributed by atoms with van der Waals surface area (Å²) in [7, 11) is 3.20. The first kappa shape index (κ1) is 21.2. The lowest BCUT2D eigenvalue weighted by Crippen LogP contribution is -2.27. The van der Waals surface area contributed by atoms with Crippen LogP contribution in [0.25, 0.3) is 6.08 Å². The number of ether oxygens (including phenoxy) is 3. The molecule has 7 heteroatoms. The summed E-state index contributed by atoms with van der Waals surface area (Å²) in [5.41, 5.74) is 1.56. The van der Waals surface area contributed by atoms with Crippen LogP contribution in [0.2, 0.25) is 0 Å². The number of hydrogen-bond acceptors (Lipinski definition) is 6. The second kappa shape index (κ2) is 9.33. The van der Waals surface area contributed by atoms with E-state index in [-0.39, 0.29) is 5.91 Å². The number of hydrogen-bond donors (Lipinski definition) is 0. The molecule has 0 radical (unpaired) electrons. The van der Waals surface area contributed by atoms with Crippen LogP contribution in [-0.4, -0.2) is 31.1 Å². The zero-order valence-corrected chi connectivity index (χ0v) is 18.4. The Morgan fingerprint density at radius 2 is 1.79 bits per heavy atom. The number of methoxy groups -OCH3 is 2. The van der Waals surface area contributed by atoms with Gasteiger partial charge in [0.15, 0.2) is 15.8 Å². The molecule has 1 heterocycles. The van der Waals surface area contributed by atoms with Gasteiger partial charge in [0.05, 0.1) is 31.4 Å². The minimum atomic E-state index is -0.149. The van der Waals surface area contributed by atoms with Gasteiger partial charge in [-0.2, -0.15) is 0 Å². The van der Waals surface area contributed by atoms with Gasteiger partial charge in [-0.3, -0.25) is 9.69 Å². The standard InChI is InChI=1S/C22H23NO4S2/c1-14(2)13-27-18-10-5-15(11-19(18)26-4)12-20-21(24)23(22(28)29-20)16-6-8-17(25-3)9-7-16/h5-12,14H,13H2,1-4H3/b20-12+. The van der Waals surface area contributed by atoms with Crippen molar-refractivity contribution >= 4 is 46.0 Å². The highest BCUT2D eigenvalue weighted by Gasteiger charge is 2.33. The highest BCUT2D eigenvalue weighted by molar-refractivity contribution is 8.27. The van der Waals surface area contributed by atoms with Gasteiger partial charge < -0.3 is 14.2 Å². The van der Waals surface area contributed by atoms with E-state index in [1.807, 2.05) is 36.4 Å². The van der Waals surface area contributed by atoms with Crippen LogP contribution in [0.4, 0.5) is 5.69 Å². The molecule has 1 aliphatic heterocycles. The third-order valence-electron chi connectivity index (χ3n) is 4.18. The normalized spacial score (nSPS) is 15.3. The van der Waals surface area contributed by atoms with E-state index in [2.05, 4.69) is 13.8 Å². The molecule has 0 bridgehead atoms. The van der Waals surface area contributed by atoms with Crippen LogP contribution in [0, 0.1) is 5.92 Å². The first-order chi connectivity index (χ1) is 13.9. The Kier molecular flexibility index (Phi) is 6.82. The van der Waals surface area contributed by atoms with Gasteiger partial charge in [-0.1, -0.05) is 43.9 Å². The first-order valence-corrected chi connectivity index (χ1v) is 10.4. The Morgan fingerprint density at radius 1 is 1.07 bits per heavy atom. The highest BCUT2D eigenvalue weighted by Crippen LogP contribution is 2.37. The highest BCUT2D eigenvalue weighted by atomic mass is 32.2. The van der Waals surface area contributed by atoms with Crippen molar-refractivity contribution in [2.24, 2.45) is 5.92 Å². The van der Waals surface area contributed by atoms with Crippen molar-refractivity contribution in [2.45, 2.75) is 13.8 Å². The van der Waals surface area contributed by atoms with E-state index in [9.17, 15) is 4.79 Å². The van der Waals surface area contributed by atoms with Gasteiger partial charge in [0.1, 0.15) is 5.75 Å². The van der Waals surface area contributed by atoms with Crippen molar-refractivity contribution in [3.05, 3.63) is 52.9 Å². The van der Waals surface area contributed by atoms with Crippen molar-refractivity contribution in [2.75, 3.05) is 25.7 Å². The number of nitrogens with zero attached hydrogens (tertiary/aromatic N) is 1. The molecule has 1 amide bonds. The van der Waals surface area contributed by atoms with E-state index in [1.54, 1.807) is 26.4 Å². The zero-order valence-electron chi connectivity index (χ0n) is 16.8. The SMILES string of the molecule is COc1ccc(N2C(=O)/C(=C\c3ccc(OCC(C)C)c(OC)c3)SC2=S)cc1. The van der Waals surface area contributed by atoms with Gasteiger partial charge in [0.2, 0.25) is 0 Å². The molecule has 0 unspecified atom stereocenters. The summed E-state index contributed by atoms with van der Waals surface area (Å²) in [5, 5.41) is 0. The largest absolute Gasteiger partial charge is 0.497 e. The molecule has 1 aliphatic rings. The predicted octanol–water partition coefficient (Wildman–Crippen LogP) is 5.14. The lowest BCUT2D eigenvalue weighted by atomic mass is 10.1. The maximum Gasteiger partial charge on any atom is 0.270 e. The Morgan fingerprint density at radius 3 is 2.41 bits per heavy atom. The summed E-state index contributed by atoms with van der Waals surface area (Å²) in [5.74, 6) is 2.30. The molecule has 29 heavy (non-hydrogen) atoms. The van der Waals surface area contributed by atoms with Crippen LogP contribution in [0.3, 0.4) is 0 Å². The van der Waals surface area contributed by atoms with Gasteiger partial charge in [0.25, 0.3) is 5.91 Å². The van der Waals surface area contributed by atoms with Crippen LogP contribution < -0.4 is 19.1 Å². The first-order valence-electron chi connectivity index (χ1n) is 9.15. The average Bonchev–Trinajstić information content (AvgIpc) is 2.99. The number of thiocarbonyl (C=S) groups is 1. The van der Waals surface area contributed by atoms with Crippen LogP contribution >= 0.6 is 24.0 Å². The van der Waals surface area contributed by atoms with Crippen molar-refractivity contribution in [3.63, 3.8) is 0 Å². The molecule has 152 valence electrons. The van der Waals surface area contributed by atoms with Gasteiger partial charge >= 0.3 is 0 Å². The topological polar surface area (TPSA) is 48.0 Å². The molecular formula is C22H23NO4S2. The summed E-state index contributed by atoms with van der Waals surface area (Å²) in [6.45, 7) is 4.79. The Labute approximate surface area is 180 Å². The van der Waals surface area contributed by atoms with Crippen LogP contribution in [0.5, 0.6) is 17.2 Å². The Hall–Kier alpha value is -2.51. The maximum atomic E-state index is 12.9. The summed E-state index contributed by atoms with van der Waals surface area (Å²) in [4.78, 5) is 15.0. The van der Waals surface area contributed by atoms with Crippen LogP contribution in [0.1, 0.15) is 19.4 Å². The van der Waals surface area contributed by atoms with Gasteiger partial charge in [0, 0.05) is 0 Å². The minimum Gasteiger partial charge on any atom is -0.497 e. The maximum absolute atomic E-state index is 12.9. The van der Waals surface area contributed by atoms with E-state index in [0.717, 1.165) is 11.3 Å². The molecule has 0 aliphatic carbocycles. The Bertz CT molecular complexity index is 938. The van der Waals surface area contributed by atoms with Crippen molar-refractivity contribution < 1.29 is 19.0 Å². The zero-order chi connectivity index (χ0) is 21.0. The monoisotopic (exact) mass is 429 g/mol. The average molecular weight is 430 g/mol. The molecule has 0 N–H and O–H groups in total. The smallest absolute Gasteiger partial charge is 0.270 e. The molecule has 0 atom stereocenters. The molecule has 2 aromatic rings. The molecule has 5 nitrogen and oxygen atoms in total. The molecular weight excluding hydrogens is 406 g/mol. The summed E-state index contributed by atoms with van der Waals surface area (Å²) in [6.07, 6.45) is 1.82. The number of carbonyl (C=O) groups excluding carboxylic acids is 1. The van der Waals surface area contributed by atoms with Gasteiger partial charge in [-0.15, -0.1) is 0 Å². The number of rotatable bonds is 7. The summed E-state index contributed by atoms with van der Waals surface area (Å²) < 4.78 is 16.9. The van der Waals surface area contributed by atoms with Crippen LogP contribution in [-0.2, 0) is 4.79 Å². The molecule has 0 saturated carbocycles. The van der Waals surface area contributed by atoms with E-state index >= 15 is 0 Å². The number of thioether (sulfide) groups is 1. The second-order valence-corrected chi connectivity index (χ2v) is 8.51. The third-order valence-corrected chi connectivity index (χ3v) is 5.48. The van der Waals surface area contributed by atoms with Gasteiger partial charge in [-0.05, 0) is 54.0 Å². The number of anilines is 1. The van der Waals surface area contributed by atoms with E-state index in [0.29, 0.717) is 38.9 Å². The van der Waals surface area contributed by atoms with Gasteiger partial charge in [-0.25, -0.2) is 0 Å². The number of benzene rings is 2. The minimum absolute atomic E-state index is 0.149. The molecule has 1 saturated heterocycles. The van der Waals surface area contributed by atoms with Crippen molar-refractivity contribution in [3.8, 4) is 17.2 Å². The van der Waals surface area contributed by atoms with Crippen molar-refractivity contribution in [1.29, 1.82) is 0 Å². The summed E-state index contributed by atoms with van der Waals surface area (Å²) >= 11 is 6.71. The molecule has 3 rings (SSSR count). The quantitative estimate of drug-likeness (QED) is 0.448. The molecule has 1 fully saturated rings.